The molecule has 0 spiro atoms. The van der Waals surface area contributed by atoms with E-state index in [1.54, 1.807) is 0 Å². The Kier molecular flexibility index (Phi) is 5.55. The Hall–Kier alpha value is -6.56. The summed E-state index contributed by atoms with van der Waals surface area (Å²) in [7, 11) is 0. The summed E-state index contributed by atoms with van der Waals surface area (Å²) in [5.41, 5.74) is 11.7. The van der Waals surface area contributed by atoms with E-state index in [4.69, 9.17) is 4.42 Å². The van der Waals surface area contributed by atoms with Crippen molar-refractivity contribution in [2.24, 2.45) is 11.8 Å². The molecule has 0 saturated heterocycles. The molecule has 8 aromatic rings. The van der Waals surface area contributed by atoms with Gasteiger partial charge in [-0.1, -0.05) is 92.8 Å². The molecule has 0 fully saturated rings. The fourth-order valence-electron chi connectivity index (χ4n) is 9.55. The van der Waals surface area contributed by atoms with E-state index in [1.165, 1.54) is 16.3 Å². The molecule has 1 aliphatic heterocycles. The van der Waals surface area contributed by atoms with Crippen LogP contribution in [-0.2, 0) is 0 Å². The number of fused-ring (bicyclic) bond motifs is 16. The normalized spacial score (nSPS) is 20.8. The summed E-state index contributed by atoms with van der Waals surface area (Å²) in [4.78, 5) is 0. The lowest BCUT2D eigenvalue weighted by Crippen LogP contribution is -2.17. The Morgan fingerprint density at radius 2 is 1.37 bits per heavy atom. The molecule has 0 saturated carbocycles. The van der Waals surface area contributed by atoms with Crippen LogP contribution >= 0.6 is 0 Å². The number of nitriles is 2. The fraction of sp³-hybridized carbons (Fsp3) is 0.130. The Bertz CT molecular complexity index is 3100. The van der Waals surface area contributed by atoms with Gasteiger partial charge in [0.25, 0.3) is 0 Å². The van der Waals surface area contributed by atoms with Crippen LogP contribution < -0.4 is 0 Å². The van der Waals surface area contributed by atoms with Crippen LogP contribution in [0.2, 0.25) is 0 Å². The van der Waals surface area contributed by atoms with Crippen LogP contribution in [0.1, 0.15) is 36.9 Å². The number of rotatable bonds is 1. The second-order valence-electron chi connectivity index (χ2n) is 14.4. The van der Waals surface area contributed by atoms with Crippen molar-refractivity contribution in [2.45, 2.75) is 25.8 Å². The molecule has 3 aromatic heterocycles. The first-order valence-electron chi connectivity index (χ1n) is 17.6. The van der Waals surface area contributed by atoms with Gasteiger partial charge in [0.15, 0.2) is 5.58 Å². The Morgan fingerprint density at radius 3 is 2.18 bits per heavy atom. The standard InChI is InChI=1S/C46H30N4O/c1-25-9-3-6-12-37(25)49-38-13-7-4-10-29(38)32-16-18-34-33-17-15-31-36-21-28(24-48)20-35-30-11-5-8-14-39(30)50(43(35)36)40-22-27(23-47)19-26(2)41(40)42(31)45(33)51-46(34)44(32)49/h3-22,25-26,37,41H,1-2H3/t25?,26?,37?,41-/m0/s1. The molecule has 51 heavy (non-hydrogen) atoms. The Morgan fingerprint density at radius 1 is 0.647 bits per heavy atom. The molecular formula is C46H30N4O. The lowest BCUT2D eigenvalue weighted by Gasteiger charge is -2.29. The number of para-hydroxylation sites is 2. The van der Waals surface area contributed by atoms with Gasteiger partial charge in [0.05, 0.1) is 45.9 Å². The number of aromatic nitrogens is 2. The molecule has 5 aromatic carbocycles. The summed E-state index contributed by atoms with van der Waals surface area (Å²) in [5.74, 6) is 0.206. The molecule has 4 heterocycles. The van der Waals surface area contributed by atoms with Gasteiger partial charge in [0.2, 0.25) is 0 Å². The molecule has 0 N–H and O–H groups in total. The second-order valence-corrected chi connectivity index (χ2v) is 14.4. The van der Waals surface area contributed by atoms with Gasteiger partial charge < -0.3 is 13.6 Å². The number of hydrogen-bond donors (Lipinski definition) is 0. The Labute approximate surface area is 293 Å². The van der Waals surface area contributed by atoms with Gasteiger partial charge in [0.1, 0.15) is 5.58 Å². The maximum atomic E-state index is 10.3. The molecule has 240 valence electrons. The molecule has 3 aliphatic rings. The maximum absolute atomic E-state index is 10.3. The first-order chi connectivity index (χ1) is 25.1. The van der Waals surface area contributed by atoms with Crippen molar-refractivity contribution in [2.75, 3.05) is 0 Å². The largest absolute Gasteiger partial charge is 0.453 e. The number of nitrogens with zero attached hydrogens (tertiary/aromatic N) is 4. The Balaban J connectivity index is 1.32. The van der Waals surface area contributed by atoms with Crippen LogP contribution in [0.15, 0.2) is 131 Å². The van der Waals surface area contributed by atoms with E-state index in [9.17, 15) is 10.5 Å². The lowest BCUT2D eigenvalue weighted by molar-refractivity contribution is 0.509. The zero-order chi connectivity index (χ0) is 34.1. The van der Waals surface area contributed by atoms with Crippen molar-refractivity contribution in [1.29, 1.82) is 10.5 Å². The van der Waals surface area contributed by atoms with Crippen LogP contribution in [0, 0.1) is 34.5 Å². The molecule has 0 amide bonds. The SMILES string of the molecule is CC1C=CC=CC1n1c2ccccc2c2ccc3c4ccc5c(c4oc3c21)[C@@H]1C(=CC(C#N)=CC1C)n1c2ccccc2c2cc(C#N)cc-5c21. The van der Waals surface area contributed by atoms with Crippen LogP contribution in [0.25, 0.3) is 82.4 Å². The van der Waals surface area contributed by atoms with Gasteiger partial charge in [-0.05, 0) is 59.9 Å². The molecule has 4 atom stereocenters. The number of furan rings is 1. The van der Waals surface area contributed by atoms with E-state index in [-0.39, 0.29) is 17.9 Å². The monoisotopic (exact) mass is 654 g/mol. The third-order valence-corrected chi connectivity index (χ3v) is 11.7. The summed E-state index contributed by atoms with van der Waals surface area (Å²) in [6.45, 7) is 4.49. The quantitative estimate of drug-likeness (QED) is 0.177. The third kappa shape index (κ3) is 3.58. The van der Waals surface area contributed by atoms with Crippen LogP contribution in [0.4, 0.5) is 0 Å². The highest BCUT2D eigenvalue weighted by molar-refractivity contribution is 6.23. The highest BCUT2D eigenvalue weighted by Gasteiger charge is 2.38. The van der Waals surface area contributed by atoms with E-state index in [0.717, 1.165) is 71.6 Å². The van der Waals surface area contributed by atoms with Crippen molar-refractivity contribution in [3.05, 3.63) is 138 Å². The zero-order valence-corrected chi connectivity index (χ0v) is 28.1. The first-order valence-corrected chi connectivity index (χ1v) is 17.6. The van der Waals surface area contributed by atoms with Crippen LogP contribution in [0.5, 0.6) is 0 Å². The zero-order valence-electron chi connectivity index (χ0n) is 28.1. The molecule has 0 radical (unpaired) electrons. The van der Waals surface area contributed by atoms with Gasteiger partial charge >= 0.3 is 0 Å². The van der Waals surface area contributed by atoms with Gasteiger partial charge in [-0.15, -0.1) is 0 Å². The predicted octanol–water partition coefficient (Wildman–Crippen LogP) is 11.7. The molecule has 0 bridgehead atoms. The summed E-state index contributed by atoms with van der Waals surface area (Å²) >= 11 is 0. The molecule has 3 unspecified atom stereocenters. The van der Waals surface area contributed by atoms with E-state index in [0.29, 0.717) is 17.1 Å². The number of benzene rings is 5. The maximum Gasteiger partial charge on any atom is 0.159 e. The number of hydrogen-bond acceptors (Lipinski definition) is 3. The second kappa shape index (κ2) is 10.0. The van der Waals surface area contributed by atoms with Crippen molar-refractivity contribution in [1.82, 2.24) is 9.13 Å². The average molecular weight is 655 g/mol. The van der Waals surface area contributed by atoms with Gasteiger partial charge in [-0.2, -0.15) is 10.5 Å². The topological polar surface area (TPSA) is 70.6 Å². The number of allylic oxidation sites excluding steroid dienone is 8. The van der Waals surface area contributed by atoms with E-state index >= 15 is 0 Å². The highest BCUT2D eigenvalue weighted by atomic mass is 16.3. The van der Waals surface area contributed by atoms with Gasteiger partial charge in [0, 0.05) is 60.6 Å². The van der Waals surface area contributed by atoms with Gasteiger partial charge in [-0.3, -0.25) is 0 Å². The molecule has 11 rings (SSSR count). The van der Waals surface area contributed by atoms with Crippen LogP contribution in [-0.4, -0.2) is 9.13 Å². The predicted molar refractivity (Wildman–Crippen MR) is 206 cm³/mol. The molecular weight excluding hydrogens is 625 g/mol. The minimum Gasteiger partial charge on any atom is -0.453 e. The third-order valence-electron chi connectivity index (χ3n) is 11.7. The minimum atomic E-state index is -0.105. The summed E-state index contributed by atoms with van der Waals surface area (Å²) in [6, 6.07) is 35.1. The average Bonchev–Trinajstić information content (AvgIpc) is 3.79. The fourth-order valence-corrected chi connectivity index (χ4v) is 9.55. The molecule has 2 aliphatic carbocycles. The minimum absolute atomic E-state index is 0.00431. The van der Waals surface area contributed by atoms with Crippen molar-refractivity contribution >= 4 is 71.2 Å². The first kappa shape index (κ1) is 28.3. The summed E-state index contributed by atoms with van der Waals surface area (Å²) < 4.78 is 12.2. The van der Waals surface area contributed by atoms with E-state index in [2.05, 4.69) is 144 Å². The van der Waals surface area contributed by atoms with E-state index < -0.39 is 0 Å². The molecule has 5 heteroatoms. The van der Waals surface area contributed by atoms with Crippen molar-refractivity contribution in [3.8, 4) is 23.3 Å². The van der Waals surface area contributed by atoms with Crippen LogP contribution in [0.3, 0.4) is 0 Å². The summed E-state index contributed by atoms with van der Waals surface area (Å²) in [5, 5.41) is 27.2. The van der Waals surface area contributed by atoms with E-state index in [1.807, 2.05) is 12.1 Å². The van der Waals surface area contributed by atoms with Gasteiger partial charge in [-0.25, -0.2) is 0 Å². The highest BCUT2D eigenvalue weighted by Crippen LogP contribution is 2.55. The smallest absolute Gasteiger partial charge is 0.159 e. The van der Waals surface area contributed by atoms with Crippen molar-refractivity contribution in [3.63, 3.8) is 0 Å². The summed E-state index contributed by atoms with van der Waals surface area (Å²) in [6.07, 6.45) is 13.0. The lowest BCUT2D eigenvalue weighted by atomic mass is 9.77. The van der Waals surface area contributed by atoms with Crippen molar-refractivity contribution < 1.29 is 4.42 Å². The molecule has 5 nitrogen and oxygen atoms in total.